The Balaban J connectivity index is 1.44. The van der Waals surface area contributed by atoms with E-state index in [0.29, 0.717) is 6.54 Å². The van der Waals surface area contributed by atoms with Crippen LogP contribution in [0.25, 0.3) is 0 Å². The van der Waals surface area contributed by atoms with Crippen LogP contribution in [-0.2, 0) is 16.1 Å². The second kappa shape index (κ2) is 8.72. The Hall–Kier alpha value is -2.43. The molecule has 148 valence electrons. The number of rotatable bonds is 5. The Bertz CT molecular complexity index is 776. The lowest BCUT2D eigenvalue weighted by atomic mass is 10.00. The summed E-state index contributed by atoms with van der Waals surface area (Å²) >= 11 is 0. The molecule has 1 aromatic rings. The van der Waals surface area contributed by atoms with Gasteiger partial charge in [-0.2, -0.15) is 0 Å². The minimum atomic E-state index is 0.159. The molecule has 0 unspecified atom stereocenters. The number of nitrogens with zero attached hydrogens (tertiary/aromatic N) is 3. The van der Waals surface area contributed by atoms with Crippen LogP contribution in [0.3, 0.4) is 0 Å². The number of amides is 2. The predicted octanol–water partition coefficient (Wildman–Crippen LogP) is 3.62. The van der Waals surface area contributed by atoms with Gasteiger partial charge in [0, 0.05) is 36.5 Å². The molecule has 5 heteroatoms. The predicted molar refractivity (Wildman–Crippen MR) is 108 cm³/mol. The first-order valence-corrected chi connectivity index (χ1v) is 10.6. The van der Waals surface area contributed by atoms with Crippen molar-refractivity contribution in [3.63, 3.8) is 0 Å². The summed E-state index contributed by atoms with van der Waals surface area (Å²) in [6.07, 6.45) is 13.6. The van der Waals surface area contributed by atoms with Crippen LogP contribution < -0.4 is 0 Å². The zero-order valence-electron chi connectivity index (χ0n) is 16.5. The summed E-state index contributed by atoms with van der Waals surface area (Å²) in [5, 5.41) is 0. The molecule has 2 amide bonds. The number of likely N-dealkylation sites (tertiary alicyclic amines) is 1. The molecule has 3 aliphatic rings. The van der Waals surface area contributed by atoms with Gasteiger partial charge in [-0.25, -0.2) is 0 Å². The zero-order valence-corrected chi connectivity index (χ0v) is 16.5. The molecule has 0 atom stereocenters. The van der Waals surface area contributed by atoms with Gasteiger partial charge in [0.05, 0.1) is 12.2 Å². The van der Waals surface area contributed by atoms with Crippen molar-refractivity contribution in [3.05, 3.63) is 53.4 Å². The Labute approximate surface area is 167 Å². The van der Waals surface area contributed by atoms with Gasteiger partial charge in [-0.05, 0) is 63.5 Å². The van der Waals surface area contributed by atoms with E-state index in [0.717, 1.165) is 81.3 Å². The first kappa shape index (κ1) is 18.9. The number of carbonyl (C=O) groups is 2. The van der Waals surface area contributed by atoms with E-state index in [4.69, 9.17) is 0 Å². The summed E-state index contributed by atoms with van der Waals surface area (Å²) in [4.78, 5) is 34.3. The molecule has 4 rings (SSSR count). The summed E-state index contributed by atoms with van der Waals surface area (Å²) in [7, 11) is 0. The van der Waals surface area contributed by atoms with Crippen LogP contribution in [0.5, 0.6) is 0 Å². The molecular weight excluding hydrogens is 350 g/mol. The summed E-state index contributed by atoms with van der Waals surface area (Å²) in [6, 6.07) is 6.01. The van der Waals surface area contributed by atoms with Gasteiger partial charge in [-0.3, -0.25) is 14.6 Å². The number of pyridine rings is 1. The van der Waals surface area contributed by atoms with Crippen molar-refractivity contribution in [1.29, 1.82) is 0 Å². The van der Waals surface area contributed by atoms with Crippen LogP contribution in [0.15, 0.2) is 47.7 Å². The Morgan fingerprint density at radius 2 is 1.75 bits per heavy atom. The van der Waals surface area contributed by atoms with E-state index in [1.165, 1.54) is 0 Å². The van der Waals surface area contributed by atoms with E-state index in [9.17, 15) is 9.59 Å². The summed E-state index contributed by atoms with van der Waals surface area (Å²) < 4.78 is 0. The largest absolute Gasteiger partial charge is 0.339 e. The average molecular weight is 380 g/mol. The molecule has 0 N–H and O–H groups in total. The summed E-state index contributed by atoms with van der Waals surface area (Å²) in [6.45, 7) is 2.00. The van der Waals surface area contributed by atoms with E-state index in [1.54, 1.807) is 6.20 Å². The maximum atomic E-state index is 13.2. The van der Waals surface area contributed by atoms with Crippen molar-refractivity contribution in [2.24, 2.45) is 0 Å². The molecule has 0 spiro atoms. The molecule has 2 aliphatic carbocycles. The quantitative estimate of drug-likeness (QED) is 0.785. The molecule has 0 saturated carbocycles. The third-order valence-corrected chi connectivity index (χ3v) is 6.14. The van der Waals surface area contributed by atoms with Crippen LogP contribution in [0.1, 0.15) is 57.1 Å². The van der Waals surface area contributed by atoms with Crippen molar-refractivity contribution in [1.82, 2.24) is 14.8 Å². The molecule has 1 aliphatic heterocycles. The van der Waals surface area contributed by atoms with Crippen LogP contribution in [0.2, 0.25) is 0 Å². The fourth-order valence-corrected chi connectivity index (χ4v) is 4.53. The Morgan fingerprint density at radius 1 is 1.04 bits per heavy atom. The Kier molecular flexibility index (Phi) is 5.89. The van der Waals surface area contributed by atoms with Crippen molar-refractivity contribution in [2.45, 2.75) is 64.0 Å². The lowest BCUT2D eigenvalue weighted by Gasteiger charge is -2.39. The zero-order chi connectivity index (χ0) is 19.3. The molecule has 0 bridgehead atoms. The standard InChI is InChI=1S/C23H29N3O2/c27-22(18-7-1-2-8-18)25-15-12-21(13-16-25)26(17-20-11-5-6-14-24-20)23(28)19-9-3-4-10-19/h5-7,9,11,14,21H,1-4,8,10,12-13,15-17H2. The highest BCUT2D eigenvalue weighted by atomic mass is 16.2. The van der Waals surface area contributed by atoms with Crippen LogP contribution >= 0.6 is 0 Å². The van der Waals surface area contributed by atoms with Gasteiger partial charge in [0.15, 0.2) is 0 Å². The molecule has 1 aromatic heterocycles. The lowest BCUT2D eigenvalue weighted by molar-refractivity contribution is -0.133. The van der Waals surface area contributed by atoms with Gasteiger partial charge < -0.3 is 9.80 Å². The van der Waals surface area contributed by atoms with Gasteiger partial charge in [0.1, 0.15) is 0 Å². The van der Waals surface area contributed by atoms with E-state index < -0.39 is 0 Å². The number of aromatic nitrogens is 1. The monoisotopic (exact) mass is 379 g/mol. The number of piperidine rings is 1. The third-order valence-electron chi connectivity index (χ3n) is 6.14. The van der Waals surface area contributed by atoms with E-state index in [-0.39, 0.29) is 17.9 Å². The van der Waals surface area contributed by atoms with Gasteiger partial charge in [-0.1, -0.05) is 18.2 Å². The first-order valence-electron chi connectivity index (χ1n) is 10.6. The minimum absolute atomic E-state index is 0.159. The highest BCUT2D eigenvalue weighted by Gasteiger charge is 2.32. The minimum Gasteiger partial charge on any atom is -0.339 e. The average Bonchev–Trinajstić information content (AvgIpc) is 3.46. The summed E-state index contributed by atoms with van der Waals surface area (Å²) in [5.41, 5.74) is 2.85. The molecular formula is C23H29N3O2. The topological polar surface area (TPSA) is 53.5 Å². The number of carbonyl (C=O) groups excluding carboxylic acids is 2. The maximum absolute atomic E-state index is 13.2. The second-order valence-corrected chi connectivity index (χ2v) is 8.02. The highest BCUT2D eigenvalue weighted by molar-refractivity contribution is 5.94. The number of hydrogen-bond donors (Lipinski definition) is 0. The second-order valence-electron chi connectivity index (χ2n) is 8.02. The van der Waals surface area contributed by atoms with Crippen molar-refractivity contribution in [3.8, 4) is 0 Å². The molecule has 28 heavy (non-hydrogen) atoms. The normalized spacial score (nSPS) is 20.1. The van der Waals surface area contributed by atoms with Crippen molar-refractivity contribution >= 4 is 11.8 Å². The van der Waals surface area contributed by atoms with Crippen LogP contribution in [0, 0.1) is 0 Å². The molecule has 0 radical (unpaired) electrons. The maximum Gasteiger partial charge on any atom is 0.250 e. The van der Waals surface area contributed by atoms with Gasteiger partial charge in [-0.15, -0.1) is 0 Å². The fraction of sp³-hybridized carbons (Fsp3) is 0.522. The fourth-order valence-electron chi connectivity index (χ4n) is 4.53. The first-order chi connectivity index (χ1) is 13.7. The smallest absolute Gasteiger partial charge is 0.250 e. The SMILES string of the molecule is O=C(C1=CCCC1)N1CCC(N(Cc2ccccn2)C(=O)C2=CCCC2)CC1. The molecule has 1 fully saturated rings. The van der Waals surface area contributed by atoms with E-state index in [2.05, 4.69) is 17.1 Å². The van der Waals surface area contributed by atoms with Gasteiger partial charge >= 0.3 is 0 Å². The van der Waals surface area contributed by atoms with Crippen molar-refractivity contribution < 1.29 is 9.59 Å². The molecule has 2 heterocycles. The van der Waals surface area contributed by atoms with E-state index >= 15 is 0 Å². The number of hydrogen-bond acceptors (Lipinski definition) is 3. The molecule has 1 saturated heterocycles. The lowest BCUT2D eigenvalue weighted by Crippen LogP contribution is -2.49. The third kappa shape index (κ3) is 4.18. The summed E-state index contributed by atoms with van der Waals surface area (Å²) in [5.74, 6) is 0.364. The van der Waals surface area contributed by atoms with Gasteiger partial charge in [0.2, 0.25) is 11.8 Å². The van der Waals surface area contributed by atoms with Crippen LogP contribution in [-0.4, -0.2) is 45.7 Å². The van der Waals surface area contributed by atoms with Gasteiger partial charge in [0.25, 0.3) is 0 Å². The van der Waals surface area contributed by atoms with Crippen LogP contribution in [0.4, 0.5) is 0 Å². The van der Waals surface area contributed by atoms with Crippen molar-refractivity contribution in [2.75, 3.05) is 13.1 Å². The molecule has 5 nitrogen and oxygen atoms in total. The number of allylic oxidation sites excluding steroid dienone is 2. The van der Waals surface area contributed by atoms with E-state index in [1.807, 2.05) is 28.0 Å². The molecule has 0 aromatic carbocycles. The Morgan fingerprint density at radius 3 is 2.36 bits per heavy atom. The highest BCUT2D eigenvalue weighted by Crippen LogP contribution is 2.27.